The number of nitrogens with two attached hydrogens (primary N) is 1. The Morgan fingerprint density at radius 2 is 2.30 bits per heavy atom. The van der Waals surface area contributed by atoms with Crippen LogP contribution in [-0.2, 0) is 18.2 Å². The number of carbonyl (C=O) groups is 1. The monoisotopic (exact) mass is 274 g/mol. The number of ether oxygens (including phenoxy) is 1. The normalized spacial score (nSPS) is 10.3. The van der Waals surface area contributed by atoms with Gasteiger partial charge in [-0.25, -0.2) is 9.78 Å². The molecular formula is C14H18N4O2. The Bertz CT molecular complexity index is 607. The molecular weight excluding hydrogens is 256 g/mol. The predicted molar refractivity (Wildman–Crippen MR) is 77.6 cm³/mol. The molecule has 0 saturated carbocycles. The minimum absolute atomic E-state index is 0.406. The molecule has 6 nitrogen and oxygen atoms in total. The zero-order valence-corrected chi connectivity index (χ0v) is 11.6. The summed E-state index contributed by atoms with van der Waals surface area (Å²) in [6, 6.07) is 5.13. The summed E-state index contributed by atoms with van der Waals surface area (Å²) in [5.74, 6) is 0.573. The molecule has 3 N–H and O–H groups in total. The van der Waals surface area contributed by atoms with Gasteiger partial charge in [-0.3, -0.25) is 0 Å². The molecule has 0 aliphatic rings. The highest BCUT2D eigenvalue weighted by atomic mass is 16.5. The van der Waals surface area contributed by atoms with E-state index in [0.29, 0.717) is 23.5 Å². The maximum absolute atomic E-state index is 11.7. The third-order valence-electron chi connectivity index (χ3n) is 3.03. The van der Waals surface area contributed by atoms with Crippen molar-refractivity contribution in [2.24, 2.45) is 7.05 Å². The van der Waals surface area contributed by atoms with Gasteiger partial charge in [-0.05, 0) is 18.2 Å². The second-order valence-corrected chi connectivity index (χ2v) is 4.43. The molecule has 1 heterocycles. The summed E-state index contributed by atoms with van der Waals surface area (Å²) in [5, 5.41) is 3.21. The number of imidazole rings is 1. The fraction of sp³-hybridized carbons (Fsp3) is 0.286. The van der Waals surface area contributed by atoms with Gasteiger partial charge in [0.25, 0.3) is 0 Å². The molecule has 2 aromatic rings. The Balaban J connectivity index is 2.05. The van der Waals surface area contributed by atoms with Crippen LogP contribution in [0.15, 0.2) is 30.6 Å². The number of nitrogens with one attached hydrogen (secondary N) is 1. The molecule has 1 aromatic carbocycles. The van der Waals surface area contributed by atoms with E-state index < -0.39 is 5.97 Å². The van der Waals surface area contributed by atoms with Crippen LogP contribution in [0.4, 0.5) is 11.4 Å². The van der Waals surface area contributed by atoms with E-state index in [1.807, 2.05) is 17.8 Å². The highest BCUT2D eigenvalue weighted by molar-refractivity contribution is 5.96. The van der Waals surface area contributed by atoms with E-state index in [4.69, 9.17) is 10.5 Å². The quantitative estimate of drug-likeness (QED) is 0.637. The average molecular weight is 274 g/mol. The van der Waals surface area contributed by atoms with E-state index in [0.717, 1.165) is 12.2 Å². The standard InChI is InChI=1S/C14H18N4O2/c1-18-8-7-17-13(18)5-6-16-12-4-3-10(15)9-11(12)14(19)20-2/h3-4,7-9,16H,5-6,15H2,1-2H3. The Labute approximate surface area is 117 Å². The van der Waals surface area contributed by atoms with Gasteiger partial charge in [-0.15, -0.1) is 0 Å². The number of nitrogen functional groups attached to an aromatic ring is 1. The van der Waals surface area contributed by atoms with Gasteiger partial charge in [0.1, 0.15) is 5.82 Å². The van der Waals surface area contributed by atoms with Crippen LogP contribution < -0.4 is 11.1 Å². The number of anilines is 2. The van der Waals surface area contributed by atoms with Gasteiger partial charge < -0.3 is 20.4 Å². The minimum Gasteiger partial charge on any atom is -0.465 e. The molecule has 0 saturated heterocycles. The van der Waals surface area contributed by atoms with Crippen molar-refractivity contribution >= 4 is 17.3 Å². The number of aromatic nitrogens is 2. The molecule has 0 aliphatic heterocycles. The first kappa shape index (κ1) is 13.9. The molecule has 0 aliphatic carbocycles. The molecule has 0 amide bonds. The number of esters is 1. The van der Waals surface area contributed by atoms with Gasteiger partial charge in [0.15, 0.2) is 0 Å². The van der Waals surface area contributed by atoms with Crippen LogP contribution >= 0.6 is 0 Å². The van der Waals surface area contributed by atoms with E-state index >= 15 is 0 Å². The molecule has 6 heteroatoms. The summed E-state index contributed by atoms with van der Waals surface area (Å²) in [7, 11) is 3.30. The summed E-state index contributed by atoms with van der Waals surface area (Å²) >= 11 is 0. The van der Waals surface area contributed by atoms with Crippen LogP contribution in [-0.4, -0.2) is 29.2 Å². The minimum atomic E-state index is -0.406. The molecule has 0 fully saturated rings. The summed E-state index contributed by atoms with van der Waals surface area (Å²) in [5.41, 5.74) is 7.37. The van der Waals surface area contributed by atoms with E-state index in [9.17, 15) is 4.79 Å². The van der Waals surface area contributed by atoms with E-state index in [1.165, 1.54) is 7.11 Å². The zero-order valence-electron chi connectivity index (χ0n) is 11.6. The molecule has 0 bridgehead atoms. The molecule has 0 spiro atoms. The van der Waals surface area contributed by atoms with Crippen molar-refractivity contribution in [2.45, 2.75) is 6.42 Å². The van der Waals surface area contributed by atoms with Gasteiger partial charge in [0.05, 0.1) is 12.7 Å². The van der Waals surface area contributed by atoms with E-state index in [2.05, 4.69) is 10.3 Å². The third kappa shape index (κ3) is 3.09. The maximum atomic E-state index is 11.7. The van der Waals surface area contributed by atoms with Gasteiger partial charge in [-0.2, -0.15) is 0 Å². The molecule has 106 valence electrons. The molecule has 0 atom stereocenters. The van der Waals surface area contributed by atoms with Crippen molar-refractivity contribution in [1.82, 2.24) is 9.55 Å². The number of methoxy groups -OCH3 is 1. The summed E-state index contributed by atoms with van der Waals surface area (Å²) in [6.45, 7) is 0.665. The van der Waals surface area contributed by atoms with Crippen molar-refractivity contribution in [3.05, 3.63) is 42.0 Å². The van der Waals surface area contributed by atoms with Crippen LogP contribution in [0.25, 0.3) is 0 Å². The average Bonchev–Trinajstić information content (AvgIpc) is 2.85. The molecule has 2 rings (SSSR count). The summed E-state index contributed by atoms with van der Waals surface area (Å²) in [4.78, 5) is 15.9. The highest BCUT2D eigenvalue weighted by Crippen LogP contribution is 2.19. The van der Waals surface area contributed by atoms with Gasteiger partial charge >= 0.3 is 5.97 Å². The third-order valence-corrected chi connectivity index (χ3v) is 3.03. The number of rotatable bonds is 5. The Kier molecular flexibility index (Phi) is 4.24. The number of hydrogen-bond donors (Lipinski definition) is 2. The van der Waals surface area contributed by atoms with Crippen LogP contribution in [0.2, 0.25) is 0 Å². The molecule has 20 heavy (non-hydrogen) atoms. The van der Waals surface area contributed by atoms with Crippen molar-refractivity contribution in [3.8, 4) is 0 Å². The Morgan fingerprint density at radius 3 is 2.95 bits per heavy atom. The largest absolute Gasteiger partial charge is 0.465 e. The Hall–Kier alpha value is -2.50. The molecule has 0 unspecified atom stereocenters. The second kappa shape index (κ2) is 6.10. The second-order valence-electron chi connectivity index (χ2n) is 4.43. The van der Waals surface area contributed by atoms with Crippen molar-refractivity contribution in [1.29, 1.82) is 0 Å². The topological polar surface area (TPSA) is 82.2 Å². The van der Waals surface area contributed by atoms with Crippen LogP contribution in [0.3, 0.4) is 0 Å². The molecule has 0 radical (unpaired) electrons. The summed E-state index contributed by atoms with van der Waals surface area (Å²) in [6.07, 6.45) is 4.42. The van der Waals surface area contributed by atoms with E-state index in [1.54, 1.807) is 24.4 Å². The van der Waals surface area contributed by atoms with Gasteiger partial charge in [0, 0.05) is 43.8 Å². The number of aryl methyl sites for hydroxylation is 1. The smallest absolute Gasteiger partial charge is 0.340 e. The zero-order chi connectivity index (χ0) is 14.5. The van der Waals surface area contributed by atoms with Crippen molar-refractivity contribution < 1.29 is 9.53 Å². The van der Waals surface area contributed by atoms with Crippen molar-refractivity contribution in [2.75, 3.05) is 24.7 Å². The number of benzene rings is 1. The lowest BCUT2D eigenvalue weighted by molar-refractivity contribution is 0.0602. The maximum Gasteiger partial charge on any atom is 0.340 e. The van der Waals surface area contributed by atoms with Crippen LogP contribution in [0.5, 0.6) is 0 Å². The first-order chi connectivity index (χ1) is 9.61. The lowest BCUT2D eigenvalue weighted by Gasteiger charge is -2.11. The lowest BCUT2D eigenvalue weighted by Crippen LogP contribution is -2.12. The molecule has 1 aromatic heterocycles. The van der Waals surface area contributed by atoms with Crippen LogP contribution in [0, 0.1) is 0 Å². The van der Waals surface area contributed by atoms with Crippen LogP contribution in [0.1, 0.15) is 16.2 Å². The Morgan fingerprint density at radius 1 is 1.50 bits per heavy atom. The first-order valence-corrected chi connectivity index (χ1v) is 6.29. The van der Waals surface area contributed by atoms with E-state index in [-0.39, 0.29) is 0 Å². The number of carbonyl (C=O) groups excluding carboxylic acids is 1. The number of nitrogens with zero attached hydrogens (tertiary/aromatic N) is 2. The first-order valence-electron chi connectivity index (χ1n) is 6.29. The fourth-order valence-corrected chi connectivity index (χ4v) is 1.94. The SMILES string of the molecule is COC(=O)c1cc(N)ccc1NCCc1nccn1C. The van der Waals surface area contributed by atoms with Gasteiger partial charge in [0.2, 0.25) is 0 Å². The summed E-state index contributed by atoms with van der Waals surface area (Å²) < 4.78 is 6.72. The van der Waals surface area contributed by atoms with Crippen molar-refractivity contribution in [3.63, 3.8) is 0 Å². The highest BCUT2D eigenvalue weighted by Gasteiger charge is 2.12. The lowest BCUT2D eigenvalue weighted by atomic mass is 10.1. The van der Waals surface area contributed by atoms with Gasteiger partial charge in [-0.1, -0.05) is 0 Å². The predicted octanol–water partition coefficient (Wildman–Crippen LogP) is 1.44. The fourth-order valence-electron chi connectivity index (χ4n) is 1.94. The number of hydrogen-bond acceptors (Lipinski definition) is 5.